The van der Waals surface area contributed by atoms with Crippen molar-refractivity contribution in [3.05, 3.63) is 39.3 Å². The van der Waals surface area contributed by atoms with E-state index < -0.39 is 5.60 Å². The highest BCUT2D eigenvalue weighted by Crippen LogP contribution is 2.47. The Labute approximate surface area is 145 Å². The zero-order chi connectivity index (χ0) is 18.1. The minimum Gasteiger partial charge on any atom is -0.506 e. The molecule has 1 unspecified atom stereocenters. The lowest BCUT2D eigenvalue weighted by Gasteiger charge is -2.30. The molecular formula is C20H22O5. The molecule has 1 aromatic heterocycles. The second-order valence-corrected chi connectivity index (χ2v) is 7.95. The first-order valence-corrected chi connectivity index (χ1v) is 8.47. The Kier molecular flexibility index (Phi) is 3.17. The van der Waals surface area contributed by atoms with Gasteiger partial charge in [0.1, 0.15) is 33.8 Å². The molecule has 4 rings (SSSR count). The molecular weight excluding hydrogens is 320 g/mol. The van der Waals surface area contributed by atoms with Crippen molar-refractivity contribution in [2.24, 2.45) is 0 Å². The van der Waals surface area contributed by atoms with E-state index in [2.05, 4.69) is 0 Å². The monoisotopic (exact) mass is 342 g/mol. The fourth-order valence-corrected chi connectivity index (χ4v) is 3.40. The molecule has 5 heteroatoms. The lowest BCUT2D eigenvalue weighted by atomic mass is 9.93. The van der Waals surface area contributed by atoms with Crippen LogP contribution < -0.4 is 10.2 Å². The van der Waals surface area contributed by atoms with Gasteiger partial charge >= 0.3 is 0 Å². The molecule has 0 radical (unpaired) electrons. The van der Waals surface area contributed by atoms with Crippen LogP contribution in [-0.2, 0) is 11.2 Å². The smallest absolute Gasteiger partial charge is 0.196 e. The van der Waals surface area contributed by atoms with Gasteiger partial charge in [-0.05, 0) is 46.8 Å². The molecule has 1 saturated heterocycles. The van der Waals surface area contributed by atoms with Crippen molar-refractivity contribution in [3.63, 3.8) is 0 Å². The summed E-state index contributed by atoms with van der Waals surface area (Å²) >= 11 is 0. The summed E-state index contributed by atoms with van der Waals surface area (Å²) in [6.45, 7) is 9.67. The Balaban J connectivity index is 2.04. The predicted molar refractivity (Wildman–Crippen MR) is 95.3 cm³/mol. The van der Waals surface area contributed by atoms with E-state index in [1.54, 1.807) is 6.92 Å². The molecule has 0 bridgehead atoms. The Morgan fingerprint density at radius 2 is 1.92 bits per heavy atom. The van der Waals surface area contributed by atoms with Gasteiger partial charge in [-0.3, -0.25) is 4.79 Å². The lowest BCUT2D eigenvalue weighted by molar-refractivity contribution is 0.156. The maximum atomic E-state index is 12.5. The van der Waals surface area contributed by atoms with E-state index in [0.717, 1.165) is 5.56 Å². The molecule has 0 saturated carbocycles. The first-order chi connectivity index (χ1) is 11.6. The maximum Gasteiger partial charge on any atom is 0.196 e. The number of benzene rings is 1. The first-order valence-electron chi connectivity index (χ1n) is 8.47. The average molecular weight is 342 g/mol. The number of ether oxygens (including phenoxy) is 2. The quantitative estimate of drug-likeness (QED) is 0.842. The normalized spacial score (nSPS) is 22.5. The molecule has 0 amide bonds. The van der Waals surface area contributed by atoms with Gasteiger partial charge in [-0.25, -0.2) is 0 Å². The fraction of sp³-hybridized carbons (Fsp3) is 0.450. The molecule has 2 aromatic rings. The second kappa shape index (κ2) is 4.88. The third kappa shape index (κ3) is 2.54. The number of phenolic OH excluding ortho intramolecular Hbond substituents is 1. The van der Waals surface area contributed by atoms with E-state index in [1.165, 1.54) is 6.07 Å². The molecule has 3 heterocycles. The Bertz CT molecular complexity index is 978. The Hall–Kier alpha value is -2.27. The van der Waals surface area contributed by atoms with Crippen molar-refractivity contribution < 1.29 is 19.0 Å². The van der Waals surface area contributed by atoms with Gasteiger partial charge < -0.3 is 19.0 Å². The molecule has 2 aliphatic rings. The number of aromatic hydroxyl groups is 1. The van der Waals surface area contributed by atoms with Crippen LogP contribution in [0.2, 0.25) is 0 Å². The number of hydrogen-bond acceptors (Lipinski definition) is 5. The summed E-state index contributed by atoms with van der Waals surface area (Å²) in [5, 5.41) is 10.9. The highest BCUT2D eigenvalue weighted by atomic mass is 16.6. The van der Waals surface area contributed by atoms with Gasteiger partial charge in [0.05, 0.1) is 17.3 Å². The molecule has 1 fully saturated rings. The third-order valence-corrected chi connectivity index (χ3v) is 4.93. The van der Waals surface area contributed by atoms with Gasteiger partial charge in [-0.1, -0.05) is 0 Å². The van der Waals surface area contributed by atoms with E-state index >= 15 is 0 Å². The first kappa shape index (κ1) is 16.2. The van der Waals surface area contributed by atoms with Crippen LogP contribution in [0.4, 0.5) is 0 Å². The standard InChI is InChI=1S/C20H22O5/c1-10-8-13(21)15-16(22)11-6-7-19(2,3)25-17(11)12(18(15)23-10)9-14-20(4,5)24-14/h6-8,14,22H,9H2,1-5H3. The van der Waals surface area contributed by atoms with Gasteiger partial charge in [0.25, 0.3) is 0 Å². The second-order valence-electron chi connectivity index (χ2n) is 7.95. The Morgan fingerprint density at radius 1 is 1.24 bits per heavy atom. The molecule has 25 heavy (non-hydrogen) atoms. The van der Waals surface area contributed by atoms with E-state index in [-0.39, 0.29) is 28.3 Å². The van der Waals surface area contributed by atoms with Crippen molar-refractivity contribution in [1.82, 2.24) is 0 Å². The minimum atomic E-state index is -0.508. The summed E-state index contributed by atoms with van der Waals surface area (Å²) in [6.07, 6.45) is 4.27. The van der Waals surface area contributed by atoms with Gasteiger partial charge in [0, 0.05) is 18.1 Å². The Morgan fingerprint density at radius 3 is 2.56 bits per heavy atom. The highest BCUT2D eigenvalue weighted by Gasteiger charge is 2.48. The van der Waals surface area contributed by atoms with Crippen molar-refractivity contribution in [1.29, 1.82) is 0 Å². The zero-order valence-corrected chi connectivity index (χ0v) is 15.1. The van der Waals surface area contributed by atoms with Crippen LogP contribution in [0.1, 0.15) is 44.6 Å². The highest BCUT2D eigenvalue weighted by molar-refractivity contribution is 5.94. The molecule has 1 aromatic carbocycles. The fourth-order valence-electron chi connectivity index (χ4n) is 3.40. The number of rotatable bonds is 2. The lowest BCUT2D eigenvalue weighted by Crippen LogP contribution is -2.28. The molecule has 0 spiro atoms. The molecule has 0 aliphatic carbocycles. The van der Waals surface area contributed by atoms with Crippen molar-refractivity contribution in [2.45, 2.75) is 58.3 Å². The van der Waals surface area contributed by atoms with Crippen molar-refractivity contribution in [3.8, 4) is 11.5 Å². The molecule has 132 valence electrons. The molecule has 1 atom stereocenters. The van der Waals surface area contributed by atoms with E-state index in [9.17, 15) is 9.90 Å². The number of aryl methyl sites for hydroxylation is 1. The topological polar surface area (TPSA) is 72.2 Å². The van der Waals surface area contributed by atoms with Crippen LogP contribution in [0.25, 0.3) is 17.0 Å². The summed E-state index contributed by atoms with van der Waals surface area (Å²) in [7, 11) is 0. The largest absolute Gasteiger partial charge is 0.506 e. The third-order valence-electron chi connectivity index (χ3n) is 4.93. The predicted octanol–water partition coefficient (Wildman–Crippen LogP) is 3.71. The summed E-state index contributed by atoms with van der Waals surface area (Å²) < 4.78 is 17.8. The summed E-state index contributed by atoms with van der Waals surface area (Å²) in [4.78, 5) is 12.5. The summed E-state index contributed by atoms with van der Waals surface area (Å²) in [5.41, 5.74) is 0.717. The number of fused-ring (bicyclic) bond motifs is 2. The van der Waals surface area contributed by atoms with E-state index in [4.69, 9.17) is 13.9 Å². The summed E-state index contributed by atoms with van der Waals surface area (Å²) in [6, 6.07) is 1.40. The molecule has 2 aliphatic heterocycles. The number of hydrogen-bond donors (Lipinski definition) is 1. The van der Waals surface area contributed by atoms with Crippen LogP contribution in [-0.4, -0.2) is 22.4 Å². The molecule has 1 N–H and O–H groups in total. The molecule has 5 nitrogen and oxygen atoms in total. The van der Waals surface area contributed by atoms with Crippen LogP contribution in [0, 0.1) is 6.92 Å². The van der Waals surface area contributed by atoms with E-state index in [0.29, 0.717) is 29.1 Å². The van der Waals surface area contributed by atoms with E-state index in [1.807, 2.05) is 39.8 Å². The number of epoxide rings is 1. The van der Waals surface area contributed by atoms with Crippen LogP contribution >= 0.6 is 0 Å². The van der Waals surface area contributed by atoms with Crippen molar-refractivity contribution in [2.75, 3.05) is 0 Å². The van der Waals surface area contributed by atoms with Crippen LogP contribution in [0.5, 0.6) is 11.5 Å². The van der Waals surface area contributed by atoms with Gasteiger partial charge in [0.15, 0.2) is 5.43 Å². The average Bonchev–Trinajstić information content (AvgIpc) is 3.08. The zero-order valence-electron chi connectivity index (χ0n) is 15.1. The SMILES string of the molecule is Cc1cc(=O)c2c(O)c3c(c(CC4OC4(C)C)c2o1)OC(C)(C)C=C3. The maximum absolute atomic E-state index is 12.5. The van der Waals surface area contributed by atoms with Crippen LogP contribution in [0.3, 0.4) is 0 Å². The number of phenols is 1. The van der Waals surface area contributed by atoms with Crippen molar-refractivity contribution >= 4 is 17.0 Å². The van der Waals surface area contributed by atoms with Crippen LogP contribution in [0.15, 0.2) is 21.4 Å². The minimum absolute atomic E-state index is 0.0211. The van der Waals surface area contributed by atoms with Gasteiger partial charge in [0.2, 0.25) is 0 Å². The summed E-state index contributed by atoms with van der Waals surface area (Å²) in [5.74, 6) is 0.975. The van der Waals surface area contributed by atoms with Gasteiger partial charge in [-0.2, -0.15) is 0 Å². The van der Waals surface area contributed by atoms with Gasteiger partial charge in [-0.15, -0.1) is 0 Å².